The van der Waals surface area contributed by atoms with E-state index in [0.717, 1.165) is 29.0 Å². The molecule has 5 heteroatoms. The van der Waals surface area contributed by atoms with E-state index in [4.69, 9.17) is 14.7 Å². The number of nitriles is 1. The molecule has 122 valence electrons. The van der Waals surface area contributed by atoms with Gasteiger partial charge in [-0.1, -0.05) is 0 Å². The Morgan fingerprint density at radius 3 is 2.46 bits per heavy atom. The Labute approximate surface area is 141 Å². The van der Waals surface area contributed by atoms with Crippen LogP contribution in [-0.2, 0) is 6.54 Å². The monoisotopic (exact) mass is 322 g/mol. The predicted octanol–water partition coefficient (Wildman–Crippen LogP) is 2.99. The van der Waals surface area contributed by atoms with E-state index in [2.05, 4.69) is 6.07 Å². The number of hydrogen-bond acceptors (Lipinski definition) is 4. The normalized spacial score (nSPS) is 12.7. The van der Waals surface area contributed by atoms with Gasteiger partial charge in [-0.15, -0.1) is 0 Å². The van der Waals surface area contributed by atoms with Gasteiger partial charge in [-0.3, -0.25) is 4.79 Å². The second kappa shape index (κ2) is 7.05. The van der Waals surface area contributed by atoms with Crippen molar-refractivity contribution in [3.8, 4) is 17.6 Å². The van der Waals surface area contributed by atoms with E-state index in [1.807, 2.05) is 18.2 Å². The summed E-state index contributed by atoms with van der Waals surface area (Å²) in [7, 11) is 1.79. The Balaban J connectivity index is 1.43. The van der Waals surface area contributed by atoms with Crippen LogP contribution in [0.2, 0.25) is 0 Å². The van der Waals surface area contributed by atoms with Gasteiger partial charge in [0, 0.05) is 25.6 Å². The molecule has 0 atom stereocenters. The molecule has 0 saturated carbocycles. The second-order valence-corrected chi connectivity index (χ2v) is 5.67. The summed E-state index contributed by atoms with van der Waals surface area (Å²) in [6.45, 7) is 1.71. The van der Waals surface area contributed by atoms with Crippen LogP contribution >= 0.6 is 0 Å². The van der Waals surface area contributed by atoms with Gasteiger partial charge in [0.2, 0.25) is 0 Å². The number of amides is 1. The number of fused-ring (bicyclic) bond motifs is 1. The van der Waals surface area contributed by atoms with Crippen molar-refractivity contribution in [2.45, 2.75) is 13.0 Å². The molecule has 2 aromatic carbocycles. The van der Waals surface area contributed by atoms with Gasteiger partial charge in [0.1, 0.15) is 11.5 Å². The molecule has 1 heterocycles. The maximum absolute atomic E-state index is 11.8. The van der Waals surface area contributed by atoms with Crippen LogP contribution in [0.4, 0.5) is 0 Å². The van der Waals surface area contributed by atoms with Gasteiger partial charge in [-0.05, 0) is 48.0 Å². The SMILES string of the molecule is CN1Cc2cc(OCCCOc3ccc(C#N)cc3)ccc2C1=O. The lowest BCUT2D eigenvalue weighted by Gasteiger charge is -2.09. The summed E-state index contributed by atoms with van der Waals surface area (Å²) in [6, 6.07) is 14.7. The summed E-state index contributed by atoms with van der Waals surface area (Å²) in [5.41, 5.74) is 2.38. The molecule has 0 spiro atoms. The Morgan fingerprint density at radius 1 is 1.08 bits per heavy atom. The highest BCUT2D eigenvalue weighted by atomic mass is 16.5. The molecular formula is C19H18N2O3. The number of nitrogens with zero attached hydrogens (tertiary/aromatic N) is 2. The third-order valence-corrected chi connectivity index (χ3v) is 3.87. The van der Waals surface area contributed by atoms with Crippen molar-refractivity contribution in [2.24, 2.45) is 0 Å². The van der Waals surface area contributed by atoms with Crippen LogP contribution in [0.5, 0.6) is 11.5 Å². The molecule has 24 heavy (non-hydrogen) atoms. The fraction of sp³-hybridized carbons (Fsp3) is 0.263. The lowest BCUT2D eigenvalue weighted by molar-refractivity contribution is 0.0816. The highest BCUT2D eigenvalue weighted by Crippen LogP contribution is 2.25. The Hall–Kier alpha value is -3.00. The Morgan fingerprint density at radius 2 is 1.75 bits per heavy atom. The minimum Gasteiger partial charge on any atom is -0.493 e. The first-order valence-electron chi connectivity index (χ1n) is 7.81. The van der Waals surface area contributed by atoms with Crippen molar-refractivity contribution in [1.29, 1.82) is 5.26 Å². The average Bonchev–Trinajstić information content (AvgIpc) is 2.89. The van der Waals surface area contributed by atoms with E-state index in [1.54, 1.807) is 36.2 Å². The maximum atomic E-state index is 11.8. The summed E-state index contributed by atoms with van der Waals surface area (Å²) >= 11 is 0. The van der Waals surface area contributed by atoms with Crippen molar-refractivity contribution < 1.29 is 14.3 Å². The van der Waals surface area contributed by atoms with Gasteiger partial charge >= 0.3 is 0 Å². The molecule has 0 aromatic heterocycles. The van der Waals surface area contributed by atoms with Crippen molar-refractivity contribution >= 4 is 5.91 Å². The quantitative estimate of drug-likeness (QED) is 0.767. The summed E-state index contributed by atoms with van der Waals surface area (Å²) in [5.74, 6) is 1.58. The van der Waals surface area contributed by atoms with Crippen molar-refractivity contribution in [3.63, 3.8) is 0 Å². The summed E-state index contributed by atoms with van der Waals surface area (Å²) in [4.78, 5) is 13.5. The Bertz CT molecular complexity index is 778. The van der Waals surface area contributed by atoms with Crippen LogP contribution < -0.4 is 9.47 Å². The molecule has 0 fully saturated rings. The van der Waals surface area contributed by atoms with E-state index in [1.165, 1.54) is 0 Å². The fourth-order valence-corrected chi connectivity index (χ4v) is 2.60. The minimum absolute atomic E-state index is 0.0624. The highest BCUT2D eigenvalue weighted by molar-refractivity contribution is 5.98. The van der Waals surface area contributed by atoms with Crippen molar-refractivity contribution in [3.05, 3.63) is 59.2 Å². The zero-order valence-electron chi connectivity index (χ0n) is 13.5. The van der Waals surface area contributed by atoms with Gasteiger partial charge in [-0.2, -0.15) is 5.26 Å². The summed E-state index contributed by atoms with van der Waals surface area (Å²) < 4.78 is 11.3. The van der Waals surface area contributed by atoms with Gasteiger partial charge in [-0.25, -0.2) is 0 Å². The lowest BCUT2D eigenvalue weighted by atomic mass is 10.1. The molecule has 0 radical (unpaired) electrons. The largest absolute Gasteiger partial charge is 0.493 e. The zero-order chi connectivity index (χ0) is 16.9. The van der Waals surface area contributed by atoms with Crippen LogP contribution in [-0.4, -0.2) is 31.1 Å². The smallest absolute Gasteiger partial charge is 0.254 e. The van der Waals surface area contributed by atoms with E-state index in [9.17, 15) is 4.79 Å². The lowest BCUT2D eigenvalue weighted by Crippen LogP contribution is -2.17. The van der Waals surface area contributed by atoms with Crippen LogP contribution in [0, 0.1) is 11.3 Å². The molecule has 0 aliphatic carbocycles. The summed E-state index contributed by atoms with van der Waals surface area (Å²) in [5, 5.41) is 8.74. The number of ether oxygens (including phenoxy) is 2. The van der Waals surface area contributed by atoms with Crippen LogP contribution in [0.3, 0.4) is 0 Å². The maximum Gasteiger partial charge on any atom is 0.254 e. The number of rotatable bonds is 6. The number of benzene rings is 2. The molecule has 1 amide bonds. The molecule has 0 saturated heterocycles. The summed E-state index contributed by atoms with van der Waals surface area (Å²) in [6.07, 6.45) is 0.746. The number of carbonyl (C=O) groups is 1. The van der Waals surface area contributed by atoms with Crippen LogP contribution in [0.15, 0.2) is 42.5 Å². The molecule has 0 bridgehead atoms. The predicted molar refractivity (Wildman–Crippen MR) is 89.0 cm³/mol. The zero-order valence-corrected chi connectivity index (χ0v) is 13.5. The van der Waals surface area contributed by atoms with Crippen LogP contribution in [0.1, 0.15) is 27.9 Å². The second-order valence-electron chi connectivity index (χ2n) is 5.67. The fourth-order valence-electron chi connectivity index (χ4n) is 2.60. The third-order valence-electron chi connectivity index (χ3n) is 3.87. The van der Waals surface area contributed by atoms with E-state index in [-0.39, 0.29) is 5.91 Å². The minimum atomic E-state index is 0.0624. The van der Waals surface area contributed by atoms with Gasteiger partial charge in [0.25, 0.3) is 5.91 Å². The highest BCUT2D eigenvalue weighted by Gasteiger charge is 2.24. The molecule has 0 N–H and O–H groups in total. The van der Waals surface area contributed by atoms with E-state index >= 15 is 0 Å². The third kappa shape index (κ3) is 3.49. The number of hydrogen-bond donors (Lipinski definition) is 0. The van der Waals surface area contributed by atoms with E-state index < -0.39 is 0 Å². The molecule has 1 aliphatic rings. The number of carbonyl (C=O) groups excluding carboxylic acids is 1. The first-order valence-corrected chi connectivity index (χ1v) is 7.81. The van der Waals surface area contributed by atoms with Gasteiger partial charge in [0.05, 0.1) is 24.8 Å². The molecular weight excluding hydrogens is 304 g/mol. The standard InChI is InChI=1S/C19H18N2O3/c1-21-13-15-11-17(7-8-18(15)19(21)22)24-10-2-9-23-16-5-3-14(12-20)4-6-16/h3-8,11H,2,9-10,13H2,1H3. The molecule has 3 rings (SSSR count). The molecule has 2 aromatic rings. The first kappa shape index (κ1) is 15.9. The average molecular weight is 322 g/mol. The van der Waals surface area contributed by atoms with E-state index in [0.29, 0.717) is 25.3 Å². The van der Waals surface area contributed by atoms with Gasteiger partial charge < -0.3 is 14.4 Å². The Kier molecular flexibility index (Phi) is 4.66. The van der Waals surface area contributed by atoms with Crippen molar-refractivity contribution in [2.75, 3.05) is 20.3 Å². The van der Waals surface area contributed by atoms with Crippen LogP contribution in [0.25, 0.3) is 0 Å². The molecule has 5 nitrogen and oxygen atoms in total. The topological polar surface area (TPSA) is 62.6 Å². The van der Waals surface area contributed by atoms with Gasteiger partial charge in [0.15, 0.2) is 0 Å². The van der Waals surface area contributed by atoms with Crippen molar-refractivity contribution in [1.82, 2.24) is 4.90 Å². The molecule has 0 unspecified atom stereocenters. The first-order chi connectivity index (χ1) is 11.7. The molecule has 1 aliphatic heterocycles.